The summed E-state index contributed by atoms with van der Waals surface area (Å²) in [5.74, 6) is -0.788. The Labute approximate surface area is 154 Å². The van der Waals surface area contributed by atoms with Crippen molar-refractivity contribution in [3.8, 4) is 5.75 Å². The fourth-order valence-corrected chi connectivity index (χ4v) is 2.44. The summed E-state index contributed by atoms with van der Waals surface area (Å²) in [7, 11) is 0. The van der Waals surface area contributed by atoms with Crippen LogP contribution in [0.2, 0.25) is 0 Å². The van der Waals surface area contributed by atoms with Crippen LogP contribution in [0.1, 0.15) is 5.56 Å². The third-order valence-corrected chi connectivity index (χ3v) is 3.70. The number of aryl methyl sites for hydroxylation is 1. The second-order valence-electron chi connectivity index (χ2n) is 5.77. The van der Waals surface area contributed by atoms with Gasteiger partial charge in [0.1, 0.15) is 11.3 Å². The van der Waals surface area contributed by atoms with Crippen LogP contribution in [0.3, 0.4) is 0 Å². The lowest BCUT2D eigenvalue weighted by atomic mass is 10.1. The van der Waals surface area contributed by atoms with Crippen molar-refractivity contribution in [2.75, 3.05) is 18.5 Å². The van der Waals surface area contributed by atoms with E-state index in [1.807, 2.05) is 6.07 Å². The normalized spacial score (nSPS) is 10.4. The molecule has 0 saturated heterocycles. The zero-order chi connectivity index (χ0) is 19.2. The minimum absolute atomic E-state index is 0.349. The number of para-hydroxylation sites is 1. The number of benzene rings is 2. The van der Waals surface area contributed by atoms with Gasteiger partial charge in [0.2, 0.25) is 0 Å². The highest BCUT2D eigenvalue weighted by Gasteiger charge is 2.10. The molecule has 0 spiro atoms. The van der Waals surface area contributed by atoms with Crippen molar-refractivity contribution < 1.29 is 23.5 Å². The van der Waals surface area contributed by atoms with E-state index in [4.69, 9.17) is 13.9 Å². The zero-order valence-corrected chi connectivity index (χ0v) is 14.6. The first kappa shape index (κ1) is 18.2. The molecule has 7 nitrogen and oxygen atoms in total. The SMILES string of the molecule is Cc1cc(=O)oc2cc(OCC(=O)OCC(=O)Nc3ccccc3)ccc12. The summed E-state index contributed by atoms with van der Waals surface area (Å²) >= 11 is 0. The van der Waals surface area contributed by atoms with Crippen molar-refractivity contribution >= 4 is 28.5 Å². The van der Waals surface area contributed by atoms with Crippen molar-refractivity contribution in [2.45, 2.75) is 6.92 Å². The van der Waals surface area contributed by atoms with Crippen molar-refractivity contribution in [1.82, 2.24) is 0 Å². The average molecular weight is 367 g/mol. The largest absolute Gasteiger partial charge is 0.482 e. The first-order valence-electron chi connectivity index (χ1n) is 8.19. The zero-order valence-electron chi connectivity index (χ0n) is 14.6. The topological polar surface area (TPSA) is 94.8 Å². The van der Waals surface area contributed by atoms with Crippen LogP contribution < -0.4 is 15.7 Å². The molecule has 0 atom stereocenters. The van der Waals surface area contributed by atoms with Crippen molar-refractivity contribution in [1.29, 1.82) is 0 Å². The molecule has 0 aliphatic carbocycles. The summed E-state index contributed by atoms with van der Waals surface area (Å²) in [6, 6.07) is 15.2. The number of carbonyl (C=O) groups is 2. The van der Waals surface area contributed by atoms with Gasteiger partial charge in [-0.15, -0.1) is 0 Å². The van der Waals surface area contributed by atoms with E-state index in [1.54, 1.807) is 43.3 Å². The van der Waals surface area contributed by atoms with Gasteiger partial charge in [-0.2, -0.15) is 0 Å². The molecule has 7 heteroatoms. The van der Waals surface area contributed by atoms with E-state index in [9.17, 15) is 14.4 Å². The summed E-state index contributed by atoms with van der Waals surface area (Å²) in [6.45, 7) is 1.01. The van der Waals surface area contributed by atoms with E-state index in [0.717, 1.165) is 10.9 Å². The van der Waals surface area contributed by atoms with E-state index < -0.39 is 24.1 Å². The Hall–Kier alpha value is -3.61. The summed E-state index contributed by atoms with van der Waals surface area (Å²) in [6.07, 6.45) is 0. The molecular formula is C20H17NO6. The molecule has 1 N–H and O–H groups in total. The summed E-state index contributed by atoms with van der Waals surface area (Å²) in [5, 5.41) is 3.38. The lowest BCUT2D eigenvalue weighted by Crippen LogP contribution is -2.23. The van der Waals surface area contributed by atoms with Gasteiger partial charge in [-0.05, 0) is 36.8 Å². The lowest BCUT2D eigenvalue weighted by molar-refractivity contribution is -0.149. The minimum atomic E-state index is -0.691. The number of amides is 1. The van der Waals surface area contributed by atoms with Crippen molar-refractivity contribution in [3.63, 3.8) is 0 Å². The number of esters is 1. The van der Waals surface area contributed by atoms with Crippen LogP contribution in [0.5, 0.6) is 5.75 Å². The first-order valence-corrected chi connectivity index (χ1v) is 8.19. The van der Waals surface area contributed by atoms with E-state index >= 15 is 0 Å². The van der Waals surface area contributed by atoms with Gasteiger partial charge in [-0.3, -0.25) is 4.79 Å². The van der Waals surface area contributed by atoms with E-state index in [2.05, 4.69) is 5.32 Å². The standard InChI is InChI=1S/C20H17NO6/c1-13-9-19(23)27-17-10-15(7-8-16(13)17)25-12-20(24)26-11-18(22)21-14-5-3-2-4-6-14/h2-10H,11-12H2,1H3,(H,21,22). The second-order valence-corrected chi connectivity index (χ2v) is 5.77. The molecule has 0 radical (unpaired) electrons. The smallest absolute Gasteiger partial charge is 0.344 e. The molecule has 1 amide bonds. The Bertz CT molecular complexity index is 1030. The molecule has 1 aromatic heterocycles. The Morgan fingerprint density at radius 3 is 2.59 bits per heavy atom. The predicted octanol–water partition coefficient (Wildman–Crippen LogP) is 2.66. The highest BCUT2D eigenvalue weighted by atomic mass is 16.6. The minimum Gasteiger partial charge on any atom is -0.482 e. The number of fused-ring (bicyclic) bond motifs is 1. The third-order valence-electron chi connectivity index (χ3n) is 3.70. The fraction of sp³-hybridized carbons (Fsp3) is 0.150. The number of hydrogen-bond donors (Lipinski definition) is 1. The molecule has 1 heterocycles. The number of hydrogen-bond acceptors (Lipinski definition) is 6. The highest BCUT2D eigenvalue weighted by Crippen LogP contribution is 2.22. The molecular weight excluding hydrogens is 350 g/mol. The summed E-state index contributed by atoms with van der Waals surface area (Å²) in [4.78, 5) is 34.9. The number of anilines is 1. The summed E-state index contributed by atoms with van der Waals surface area (Å²) < 4.78 is 15.3. The molecule has 0 saturated carbocycles. The second kappa shape index (κ2) is 8.18. The maximum absolute atomic E-state index is 11.7. The van der Waals surface area contributed by atoms with Gasteiger partial charge < -0.3 is 19.2 Å². The fourth-order valence-electron chi connectivity index (χ4n) is 2.44. The number of carbonyl (C=O) groups excluding carboxylic acids is 2. The first-order chi connectivity index (χ1) is 13.0. The molecule has 138 valence electrons. The maximum atomic E-state index is 11.7. The van der Waals surface area contributed by atoms with Gasteiger partial charge in [0.15, 0.2) is 13.2 Å². The van der Waals surface area contributed by atoms with Crippen LogP contribution in [0.15, 0.2) is 63.8 Å². The van der Waals surface area contributed by atoms with Gasteiger partial charge in [0.05, 0.1) is 0 Å². The lowest BCUT2D eigenvalue weighted by Gasteiger charge is -2.08. The molecule has 0 fully saturated rings. The molecule has 27 heavy (non-hydrogen) atoms. The molecule has 0 unspecified atom stereocenters. The van der Waals surface area contributed by atoms with Gasteiger partial charge >= 0.3 is 11.6 Å². The molecule has 0 aliphatic heterocycles. The monoisotopic (exact) mass is 367 g/mol. The van der Waals surface area contributed by atoms with Crippen LogP contribution in [0.4, 0.5) is 5.69 Å². The highest BCUT2D eigenvalue weighted by molar-refractivity contribution is 5.92. The quantitative estimate of drug-likeness (QED) is 0.532. The Kier molecular flexibility index (Phi) is 5.51. The molecule has 0 aliphatic rings. The van der Waals surface area contributed by atoms with Crippen LogP contribution in [-0.4, -0.2) is 25.1 Å². The van der Waals surface area contributed by atoms with E-state index in [1.165, 1.54) is 12.1 Å². The van der Waals surface area contributed by atoms with E-state index in [-0.39, 0.29) is 6.61 Å². The third kappa shape index (κ3) is 4.94. The maximum Gasteiger partial charge on any atom is 0.344 e. The van der Waals surface area contributed by atoms with Gasteiger partial charge in [0, 0.05) is 23.2 Å². The van der Waals surface area contributed by atoms with Crippen LogP contribution >= 0.6 is 0 Å². The molecule has 0 bridgehead atoms. The Balaban J connectivity index is 1.51. The van der Waals surface area contributed by atoms with Crippen LogP contribution in [-0.2, 0) is 14.3 Å². The Morgan fingerprint density at radius 2 is 1.81 bits per heavy atom. The average Bonchev–Trinajstić information content (AvgIpc) is 2.65. The van der Waals surface area contributed by atoms with Crippen molar-refractivity contribution in [2.24, 2.45) is 0 Å². The summed E-state index contributed by atoms with van der Waals surface area (Å²) in [5.41, 5.74) is 1.31. The van der Waals surface area contributed by atoms with Gasteiger partial charge in [-0.25, -0.2) is 9.59 Å². The van der Waals surface area contributed by atoms with Crippen LogP contribution in [0.25, 0.3) is 11.0 Å². The Morgan fingerprint density at radius 1 is 1.04 bits per heavy atom. The van der Waals surface area contributed by atoms with Gasteiger partial charge in [0.25, 0.3) is 5.91 Å². The van der Waals surface area contributed by atoms with Gasteiger partial charge in [-0.1, -0.05) is 18.2 Å². The number of nitrogens with one attached hydrogen (secondary N) is 1. The van der Waals surface area contributed by atoms with Crippen LogP contribution in [0, 0.1) is 6.92 Å². The number of ether oxygens (including phenoxy) is 2. The number of rotatable bonds is 6. The van der Waals surface area contributed by atoms with Crippen molar-refractivity contribution in [3.05, 3.63) is 70.6 Å². The molecule has 2 aromatic carbocycles. The molecule has 3 aromatic rings. The predicted molar refractivity (Wildman–Crippen MR) is 98.7 cm³/mol. The van der Waals surface area contributed by atoms with E-state index in [0.29, 0.717) is 17.0 Å². The molecule has 3 rings (SSSR count).